The summed E-state index contributed by atoms with van der Waals surface area (Å²) in [7, 11) is 1.79. The smallest absolute Gasteiger partial charge is 0.263 e. The Morgan fingerprint density at radius 3 is 2.82 bits per heavy atom. The number of aromatic amines is 1. The van der Waals surface area contributed by atoms with Crippen molar-refractivity contribution in [1.29, 1.82) is 0 Å². The van der Waals surface area contributed by atoms with Crippen molar-refractivity contribution in [3.63, 3.8) is 0 Å². The van der Waals surface area contributed by atoms with Crippen molar-refractivity contribution >= 4 is 17.0 Å². The Morgan fingerprint density at radius 2 is 2.09 bits per heavy atom. The lowest BCUT2D eigenvalue weighted by Crippen LogP contribution is -2.36. The van der Waals surface area contributed by atoms with Gasteiger partial charge >= 0.3 is 0 Å². The van der Waals surface area contributed by atoms with Crippen molar-refractivity contribution in [1.82, 2.24) is 29.5 Å². The van der Waals surface area contributed by atoms with Crippen LogP contribution in [-0.2, 0) is 7.05 Å². The molecule has 1 fully saturated rings. The normalized spacial score (nSPS) is 16.5. The number of piperidine rings is 1. The van der Waals surface area contributed by atoms with Gasteiger partial charge in [-0.05, 0) is 18.9 Å². The van der Waals surface area contributed by atoms with Gasteiger partial charge in [-0.1, -0.05) is 0 Å². The Kier molecular flexibility index (Phi) is 2.95. The molecule has 8 nitrogen and oxygen atoms in total. The maximum absolute atomic E-state index is 12.1. The quantitative estimate of drug-likeness (QED) is 0.753. The van der Waals surface area contributed by atoms with Crippen LogP contribution in [0.3, 0.4) is 0 Å². The fourth-order valence-electron chi connectivity index (χ4n) is 3.01. The van der Waals surface area contributed by atoms with Crippen molar-refractivity contribution in [2.45, 2.75) is 18.9 Å². The molecular weight excluding hydrogens is 282 g/mol. The number of hydrogen-bond donors (Lipinski definition) is 1. The van der Waals surface area contributed by atoms with Gasteiger partial charge in [0, 0.05) is 32.5 Å². The topological polar surface area (TPSA) is 84.6 Å². The Hall–Kier alpha value is -2.64. The fraction of sp³-hybridized carbons (Fsp3) is 0.429. The minimum absolute atomic E-state index is 0.137. The molecular formula is C14H17N7O. The number of nitrogens with zero attached hydrogens (tertiary/aromatic N) is 6. The van der Waals surface area contributed by atoms with E-state index in [0.29, 0.717) is 23.0 Å². The summed E-state index contributed by atoms with van der Waals surface area (Å²) in [5.74, 6) is 0.625. The number of nitrogens with one attached hydrogen (secondary N) is 1. The first-order chi connectivity index (χ1) is 10.7. The first-order valence-corrected chi connectivity index (χ1v) is 7.38. The van der Waals surface area contributed by atoms with Crippen LogP contribution in [0.15, 0.2) is 29.5 Å². The largest absolute Gasteiger partial charge is 0.342 e. The average molecular weight is 299 g/mol. The predicted molar refractivity (Wildman–Crippen MR) is 81.8 cm³/mol. The summed E-state index contributed by atoms with van der Waals surface area (Å²) in [5, 5.41) is 8.93. The van der Waals surface area contributed by atoms with Gasteiger partial charge < -0.3 is 4.90 Å². The molecule has 4 heterocycles. The highest BCUT2D eigenvalue weighted by molar-refractivity contribution is 5.74. The zero-order valence-electron chi connectivity index (χ0n) is 12.3. The SMILES string of the molecule is Cn1ncc2c(=O)[nH]c(N3CCC(n4cccn4)CC3)nc21. The molecule has 0 bridgehead atoms. The molecule has 0 atom stereocenters. The molecule has 0 spiro atoms. The number of anilines is 1. The Bertz CT molecular complexity index is 840. The molecule has 3 aromatic heterocycles. The molecule has 3 aromatic rings. The van der Waals surface area contributed by atoms with Crippen LogP contribution in [0.25, 0.3) is 11.0 Å². The Morgan fingerprint density at radius 1 is 1.27 bits per heavy atom. The van der Waals surface area contributed by atoms with Crippen LogP contribution < -0.4 is 10.5 Å². The van der Waals surface area contributed by atoms with Crippen LogP contribution in [-0.4, -0.2) is 42.6 Å². The number of aryl methyl sites for hydroxylation is 1. The molecule has 1 aliphatic heterocycles. The predicted octanol–water partition coefficient (Wildman–Crippen LogP) is 0.695. The Balaban J connectivity index is 1.59. The molecule has 0 amide bonds. The average Bonchev–Trinajstić information content (AvgIpc) is 3.18. The van der Waals surface area contributed by atoms with Gasteiger partial charge in [0.05, 0.1) is 12.2 Å². The summed E-state index contributed by atoms with van der Waals surface area (Å²) in [5.41, 5.74) is 0.482. The van der Waals surface area contributed by atoms with Gasteiger partial charge in [0.1, 0.15) is 5.39 Å². The fourth-order valence-corrected chi connectivity index (χ4v) is 3.01. The molecule has 0 radical (unpaired) electrons. The third kappa shape index (κ3) is 2.07. The molecule has 1 aliphatic rings. The summed E-state index contributed by atoms with van der Waals surface area (Å²) in [6.45, 7) is 1.69. The molecule has 22 heavy (non-hydrogen) atoms. The highest BCUT2D eigenvalue weighted by atomic mass is 16.1. The van der Waals surface area contributed by atoms with Crippen molar-refractivity contribution in [3.8, 4) is 0 Å². The second kappa shape index (κ2) is 4.97. The Labute approximate surface area is 126 Å². The van der Waals surface area contributed by atoms with Crippen LogP contribution in [0.5, 0.6) is 0 Å². The second-order valence-corrected chi connectivity index (χ2v) is 5.60. The number of rotatable bonds is 2. The van der Waals surface area contributed by atoms with Gasteiger partial charge in [0.25, 0.3) is 5.56 Å². The van der Waals surface area contributed by atoms with E-state index in [2.05, 4.69) is 25.1 Å². The highest BCUT2D eigenvalue weighted by Crippen LogP contribution is 2.24. The summed E-state index contributed by atoms with van der Waals surface area (Å²) in [6.07, 6.45) is 7.32. The van der Waals surface area contributed by atoms with E-state index in [9.17, 15) is 4.79 Å². The van der Waals surface area contributed by atoms with Crippen LogP contribution in [0.1, 0.15) is 18.9 Å². The summed E-state index contributed by atoms with van der Waals surface area (Å²) in [6, 6.07) is 2.36. The zero-order valence-corrected chi connectivity index (χ0v) is 12.3. The van der Waals surface area contributed by atoms with E-state index in [4.69, 9.17) is 0 Å². The van der Waals surface area contributed by atoms with Gasteiger partial charge in [0.15, 0.2) is 5.65 Å². The van der Waals surface area contributed by atoms with E-state index in [1.54, 1.807) is 17.9 Å². The third-order valence-corrected chi connectivity index (χ3v) is 4.25. The molecule has 4 rings (SSSR count). The van der Waals surface area contributed by atoms with Gasteiger partial charge in [-0.15, -0.1) is 0 Å². The first-order valence-electron chi connectivity index (χ1n) is 7.38. The molecule has 114 valence electrons. The molecule has 0 aliphatic carbocycles. The van der Waals surface area contributed by atoms with E-state index in [1.165, 1.54) is 0 Å². The highest BCUT2D eigenvalue weighted by Gasteiger charge is 2.23. The molecule has 0 aromatic carbocycles. The molecule has 8 heteroatoms. The van der Waals surface area contributed by atoms with E-state index >= 15 is 0 Å². The van der Waals surface area contributed by atoms with E-state index in [0.717, 1.165) is 25.9 Å². The number of aromatic nitrogens is 6. The minimum atomic E-state index is -0.137. The minimum Gasteiger partial charge on any atom is -0.342 e. The number of H-pyrrole nitrogens is 1. The maximum Gasteiger partial charge on any atom is 0.263 e. The molecule has 0 unspecified atom stereocenters. The van der Waals surface area contributed by atoms with Crippen molar-refractivity contribution in [2.24, 2.45) is 7.05 Å². The molecule has 1 N–H and O–H groups in total. The van der Waals surface area contributed by atoms with Gasteiger partial charge in [0.2, 0.25) is 5.95 Å². The standard InChI is InChI=1S/C14H17N7O/c1-19-12-11(9-16-19)13(22)18-14(17-12)20-7-3-10(4-8-20)21-6-2-5-15-21/h2,5-6,9-10H,3-4,7-8H2,1H3,(H,17,18,22). The van der Waals surface area contributed by atoms with Gasteiger partial charge in [-0.3, -0.25) is 19.1 Å². The van der Waals surface area contributed by atoms with E-state index in [1.807, 2.05) is 23.1 Å². The van der Waals surface area contributed by atoms with Gasteiger partial charge in [-0.25, -0.2) is 0 Å². The monoisotopic (exact) mass is 299 g/mol. The first kappa shape index (κ1) is 13.1. The van der Waals surface area contributed by atoms with E-state index in [-0.39, 0.29) is 5.56 Å². The lowest BCUT2D eigenvalue weighted by Gasteiger charge is -2.32. The van der Waals surface area contributed by atoms with Crippen LogP contribution >= 0.6 is 0 Å². The van der Waals surface area contributed by atoms with Crippen molar-refractivity contribution in [2.75, 3.05) is 18.0 Å². The third-order valence-electron chi connectivity index (χ3n) is 4.25. The van der Waals surface area contributed by atoms with Crippen LogP contribution in [0, 0.1) is 0 Å². The number of fused-ring (bicyclic) bond motifs is 1. The lowest BCUT2D eigenvalue weighted by atomic mass is 10.1. The van der Waals surface area contributed by atoms with E-state index < -0.39 is 0 Å². The summed E-state index contributed by atoms with van der Waals surface area (Å²) >= 11 is 0. The second-order valence-electron chi connectivity index (χ2n) is 5.60. The van der Waals surface area contributed by atoms with Crippen molar-refractivity contribution < 1.29 is 0 Å². The van der Waals surface area contributed by atoms with Crippen LogP contribution in [0.4, 0.5) is 5.95 Å². The maximum atomic E-state index is 12.1. The molecule has 0 saturated carbocycles. The van der Waals surface area contributed by atoms with Crippen molar-refractivity contribution in [3.05, 3.63) is 35.0 Å². The van der Waals surface area contributed by atoms with Crippen LogP contribution in [0.2, 0.25) is 0 Å². The van der Waals surface area contributed by atoms with Gasteiger partial charge in [-0.2, -0.15) is 15.2 Å². The summed E-state index contributed by atoms with van der Waals surface area (Å²) in [4.78, 5) is 21.7. The molecule has 1 saturated heterocycles. The zero-order chi connectivity index (χ0) is 15.1. The lowest BCUT2D eigenvalue weighted by molar-refractivity contribution is 0.365. The number of hydrogen-bond acceptors (Lipinski definition) is 5. The summed E-state index contributed by atoms with van der Waals surface area (Å²) < 4.78 is 3.64.